The number of nitrogens with one attached hydrogen (secondary N) is 2. The minimum atomic E-state index is -0.262. The zero-order valence-electron chi connectivity index (χ0n) is 10.7. The molecule has 1 amide bonds. The molecule has 3 nitrogen and oxygen atoms in total. The predicted molar refractivity (Wildman–Crippen MR) is 77.0 cm³/mol. The van der Waals surface area contributed by atoms with E-state index in [0.29, 0.717) is 0 Å². The molecule has 0 spiro atoms. The summed E-state index contributed by atoms with van der Waals surface area (Å²) in [5.41, 5.74) is 0. The van der Waals surface area contributed by atoms with Crippen molar-refractivity contribution in [3.63, 3.8) is 0 Å². The van der Waals surface area contributed by atoms with Crippen molar-refractivity contribution in [3.8, 4) is 0 Å². The number of anilines is 1. The molecule has 0 unspecified atom stereocenters. The third-order valence-corrected chi connectivity index (χ3v) is 3.10. The van der Waals surface area contributed by atoms with E-state index in [1.54, 1.807) is 13.1 Å². The molecule has 0 saturated carbocycles. The second-order valence-electron chi connectivity index (χ2n) is 3.37. The topological polar surface area (TPSA) is 41.1 Å². The van der Waals surface area contributed by atoms with Crippen molar-refractivity contribution in [2.24, 2.45) is 0 Å². The Morgan fingerprint density at radius 2 is 2.17 bits per heavy atom. The van der Waals surface area contributed by atoms with E-state index in [9.17, 15) is 9.18 Å². The van der Waals surface area contributed by atoms with Crippen molar-refractivity contribution in [3.05, 3.63) is 24.0 Å². The molecule has 1 aromatic carbocycles. The molecule has 2 N–H and O–H groups in total. The Hall–Kier alpha value is -1.27. The number of carbonyl (C=O) groups excluding carboxylic acids is 1. The average Bonchev–Trinajstić information content (AvgIpc) is 2.73. The summed E-state index contributed by atoms with van der Waals surface area (Å²) in [5, 5.41) is 6.45. The van der Waals surface area contributed by atoms with Gasteiger partial charge in [0.15, 0.2) is 0 Å². The van der Waals surface area contributed by atoms with Crippen molar-refractivity contribution < 1.29 is 9.18 Å². The Morgan fingerprint density at radius 1 is 1.44 bits per heavy atom. The molecule has 0 saturated heterocycles. The van der Waals surface area contributed by atoms with Crippen LogP contribution in [0.25, 0.3) is 9.98 Å². The monoisotopic (exact) mass is 266 g/mol. The van der Waals surface area contributed by atoms with Crippen LogP contribution in [0.5, 0.6) is 0 Å². The normalized spacial score (nSPS) is 9.56. The Balaban J connectivity index is 0.000000771. The molecule has 1 heterocycles. The summed E-state index contributed by atoms with van der Waals surface area (Å²) >= 11 is 1.37. The molecule has 0 atom stereocenters. The van der Waals surface area contributed by atoms with Crippen molar-refractivity contribution in [2.45, 2.75) is 13.8 Å². The third kappa shape index (κ3) is 3.89. The standard InChI is InChI=1S/C10H10BFN2OS.C2H6/c1-13-5-9(15)14-10-11-7-3-2-6(12)4-8(7)16-10;1-2/h2-4,13H,5H2,1H3,(H,14,15);1-2H3. The number of hydrogen-bond acceptors (Lipinski definition) is 3. The Bertz CT molecular complexity index is 530. The van der Waals surface area contributed by atoms with Crippen LogP contribution in [0, 0.1) is 5.82 Å². The van der Waals surface area contributed by atoms with Gasteiger partial charge in [-0.25, -0.2) is 0 Å². The summed E-state index contributed by atoms with van der Waals surface area (Å²) in [4.78, 5) is 12.1. The van der Waals surface area contributed by atoms with Gasteiger partial charge < -0.3 is 0 Å². The number of rotatable bonds is 3. The van der Waals surface area contributed by atoms with E-state index in [1.807, 2.05) is 20.8 Å². The molecule has 0 radical (unpaired) electrons. The average molecular weight is 266 g/mol. The van der Waals surface area contributed by atoms with Crippen LogP contribution in [0.2, 0.25) is 0 Å². The summed E-state index contributed by atoms with van der Waals surface area (Å²) in [7, 11) is 1.71. The van der Waals surface area contributed by atoms with Crippen LogP contribution in [0.4, 0.5) is 9.29 Å². The van der Waals surface area contributed by atoms with Crippen LogP contribution in [-0.2, 0) is 4.79 Å². The minimum absolute atomic E-state index is 0.102. The van der Waals surface area contributed by atoms with Crippen LogP contribution in [0.1, 0.15) is 13.8 Å². The molecule has 2 aromatic rings. The fourth-order valence-electron chi connectivity index (χ4n) is 1.41. The van der Waals surface area contributed by atoms with Crippen LogP contribution in [0.3, 0.4) is 0 Å². The van der Waals surface area contributed by atoms with E-state index < -0.39 is 0 Å². The summed E-state index contributed by atoms with van der Waals surface area (Å²) in [6.07, 6.45) is 0. The van der Waals surface area contributed by atoms with Crippen LogP contribution in [-0.4, -0.2) is 26.4 Å². The summed E-state index contributed by atoms with van der Waals surface area (Å²) in [5.74, 6) is -0.364. The molecule has 2 rings (SSSR count). The summed E-state index contributed by atoms with van der Waals surface area (Å²) in [6.45, 7) is 6.11. The maximum atomic E-state index is 12.9. The zero-order chi connectivity index (χ0) is 13.5. The number of carbonyl (C=O) groups is 1. The Kier molecular flexibility index (Phi) is 5.94. The fourth-order valence-corrected chi connectivity index (χ4v) is 2.41. The van der Waals surface area contributed by atoms with Gasteiger partial charge in [-0.05, 0) is 0 Å². The second kappa shape index (κ2) is 7.23. The molecular formula is C12H16BFN2OS. The molecular weight excluding hydrogens is 250 g/mol. The van der Waals surface area contributed by atoms with Crippen LogP contribution >= 0.6 is 11.3 Å². The van der Waals surface area contributed by atoms with E-state index in [4.69, 9.17) is 0 Å². The molecule has 0 aliphatic rings. The van der Waals surface area contributed by atoms with Crippen molar-refractivity contribution in [1.29, 1.82) is 0 Å². The molecule has 18 heavy (non-hydrogen) atoms. The predicted octanol–water partition coefficient (Wildman–Crippen LogP) is 2.56. The van der Waals surface area contributed by atoms with Gasteiger partial charge in [-0.1, -0.05) is 13.8 Å². The van der Waals surface area contributed by atoms with E-state index in [0.717, 1.165) is 14.9 Å². The molecule has 1 aromatic heterocycles. The van der Waals surface area contributed by atoms with Crippen LogP contribution < -0.4 is 10.6 Å². The summed E-state index contributed by atoms with van der Waals surface area (Å²) < 4.78 is 13.8. The Labute approximate surface area is 111 Å². The van der Waals surface area contributed by atoms with Gasteiger partial charge in [0.2, 0.25) is 0 Å². The van der Waals surface area contributed by atoms with Gasteiger partial charge in [0.05, 0.1) is 0 Å². The maximum absolute atomic E-state index is 12.9. The van der Waals surface area contributed by atoms with Gasteiger partial charge in [-0.15, -0.1) is 0 Å². The van der Waals surface area contributed by atoms with Crippen molar-refractivity contribution in [2.75, 3.05) is 18.9 Å². The number of benzene rings is 1. The van der Waals surface area contributed by atoms with E-state index >= 15 is 0 Å². The molecule has 96 valence electrons. The van der Waals surface area contributed by atoms with E-state index in [1.165, 1.54) is 23.5 Å². The number of amides is 1. The first-order valence-corrected chi connectivity index (χ1v) is 6.64. The number of hydrogen-bond donors (Lipinski definition) is 2. The SMILES string of the molecule is CC.CNCC(=O)Nc1bc2ccc(F)cc2s1. The zero-order valence-corrected chi connectivity index (χ0v) is 11.5. The third-order valence-electron chi connectivity index (χ3n) is 2.08. The fraction of sp³-hybridized carbons (Fsp3) is 0.333. The number of likely N-dealkylation sites (N-methyl/N-ethyl adjacent to an activating group) is 1. The van der Waals surface area contributed by atoms with Gasteiger partial charge in [-0.3, -0.25) is 0 Å². The van der Waals surface area contributed by atoms with Gasteiger partial charge in [0.1, 0.15) is 0 Å². The number of halogens is 1. The van der Waals surface area contributed by atoms with Gasteiger partial charge in [0.25, 0.3) is 0 Å². The van der Waals surface area contributed by atoms with Gasteiger partial charge in [0, 0.05) is 0 Å². The second-order valence-corrected chi connectivity index (χ2v) is 4.46. The first kappa shape index (κ1) is 14.8. The van der Waals surface area contributed by atoms with Crippen molar-refractivity contribution in [1.82, 2.24) is 5.32 Å². The first-order chi connectivity index (χ1) is 8.69. The molecule has 0 bridgehead atoms. The van der Waals surface area contributed by atoms with Crippen LogP contribution in [0.15, 0.2) is 18.2 Å². The summed E-state index contributed by atoms with van der Waals surface area (Å²) in [6, 6.07) is 4.58. The molecule has 6 heteroatoms. The van der Waals surface area contributed by atoms with Gasteiger partial charge in [-0.2, -0.15) is 0 Å². The quantitative estimate of drug-likeness (QED) is 0.896. The van der Waals surface area contributed by atoms with E-state index in [-0.39, 0.29) is 18.3 Å². The number of fused-ring (bicyclic) bond motifs is 1. The van der Waals surface area contributed by atoms with Crippen molar-refractivity contribution >= 4 is 39.0 Å². The van der Waals surface area contributed by atoms with Gasteiger partial charge >= 0.3 is 96.5 Å². The molecule has 0 fully saturated rings. The van der Waals surface area contributed by atoms with E-state index in [2.05, 4.69) is 10.6 Å². The molecule has 0 aliphatic heterocycles. The first-order valence-electron chi connectivity index (χ1n) is 5.82. The molecule has 0 aliphatic carbocycles. The Morgan fingerprint density at radius 3 is 2.83 bits per heavy atom.